The number of carboxylic acid groups (broad SMARTS) is 1. The van der Waals surface area contributed by atoms with Gasteiger partial charge in [-0.3, -0.25) is 0 Å². The minimum Gasteiger partial charge on any atom is -0.479 e. The molecule has 0 fully saturated rings. The molecular weight excluding hydrogens is 310 g/mol. The number of hydrazone groups is 1. The van der Waals surface area contributed by atoms with Crippen LogP contribution in [-0.4, -0.2) is 29.4 Å². The number of carbonyl (C=O) groups excluding carboxylic acids is 1. The van der Waals surface area contributed by atoms with Gasteiger partial charge in [0, 0.05) is 5.69 Å². The van der Waals surface area contributed by atoms with Crippen LogP contribution >= 0.6 is 0 Å². The number of para-hydroxylation sites is 1. The van der Waals surface area contributed by atoms with Gasteiger partial charge in [-0.25, -0.2) is 15.0 Å². The second kappa shape index (κ2) is 8.33. The van der Waals surface area contributed by atoms with Gasteiger partial charge in [-0.2, -0.15) is 5.10 Å². The van der Waals surface area contributed by atoms with Gasteiger partial charge in [0.25, 0.3) is 0 Å². The van der Waals surface area contributed by atoms with Crippen LogP contribution in [0.15, 0.2) is 59.7 Å². The lowest BCUT2D eigenvalue weighted by Gasteiger charge is -2.09. The predicted octanol–water partition coefficient (Wildman–Crippen LogP) is 2.69. The molecule has 0 heterocycles. The Morgan fingerprint density at radius 1 is 1.12 bits per heavy atom. The molecule has 0 aliphatic rings. The fraction of sp³-hybridized carbons (Fsp3) is 0.118. The molecule has 0 unspecified atom stereocenters. The molecule has 1 atom stereocenters. The molecule has 0 bridgehead atoms. The second-order valence-electron chi connectivity index (χ2n) is 4.86. The zero-order valence-electron chi connectivity index (χ0n) is 13.0. The third-order valence-corrected chi connectivity index (χ3v) is 2.95. The van der Waals surface area contributed by atoms with Crippen molar-refractivity contribution in [2.24, 2.45) is 5.10 Å². The normalized spacial score (nSPS) is 11.7. The van der Waals surface area contributed by atoms with Crippen molar-refractivity contribution in [3.63, 3.8) is 0 Å². The van der Waals surface area contributed by atoms with Crippen LogP contribution in [0.4, 0.5) is 10.5 Å². The van der Waals surface area contributed by atoms with E-state index in [1.165, 1.54) is 13.1 Å². The van der Waals surface area contributed by atoms with Crippen LogP contribution in [0.1, 0.15) is 12.5 Å². The molecule has 0 saturated carbocycles. The van der Waals surface area contributed by atoms with Gasteiger partial charge in [0.15, 0.2) is 6.10 Å². The molecule has 0 spiro atoms. The average molecular weight is 327 g/mol. The summed E-state index contributed by atoms with van der Waals surface area (Å²) in [4.78, 5) is 22.3. The third kappa shape index (κ3) is 5.45. The van der Waals surface area contributed by atoms with Crippen molar-refractivity contribution in [3.05, 3.63) is 60.2 Å². The number of anilines is 1. The van der Waals surface area contributed by atoms with Gasteiger partial charge in [-0.05, 0) is 48.9 Å². The summed E-state index contributed by atoms with van der Waals surface area (Å²) in [6.07, 6.45) is 0.544. The minimum absolute atomic E-state index is 0.442. The van der Waals surface area contributed by atoms with Gasteiger partial charge >= 0.3 is 12.0 Å². The van der Waals surface area contributed by atoms with Gasteiger partial charge < -0.3 is 15.2 Å². The minimum atomic E-state index is -1.03. The van der Waals surface area contributed by atoms with Gasteiger partial charge in [0.2, 0.25) is 0 Å². The van der Waals surface area contributed by atoms with Crippen molar-refractivity contribution in [2.75, 3.05) is 5.32 Å². The summed E-state index contributed by atoms with van der Waals surface area (Å²) in [5.41, 5.74) is 3.74. The van der Waals surface area contributed by atoms with E-state index in [0.29, 0.717) is 11.4 Å². The summed E-state index contributed by atoms with van der Waals surface area (Å²) in [5, 5.41) is 15.2. The van der Waals surface area contributed by atoms with Gasteiger partial charge in [0.1, 0.15) is 5.75 Å². The van der Waals surface area contributed by atoms with E-state index < -0.39 is 18.1 Å². The van der Waals surface area contributed by atoms with Gasteiger partial charge in [-0.15, -0.1) is 0 Å². The highest BCUT2D eigenvalue weighted by atomic mass is 16.5. The predicted molar refractivity (Wildman–Crippen MR) is 90.4 cm³/mol. The maximum absolute atomic E-state index is 11.6. The van der Waals surface area contributed by atoms with Gasteiger partial charge in [0.05, 0.1) is 6.21 Å². The lowest BCUT2D eigenvalue weighted by Crippen LogP contribution is -2.24. The maximum Gasteiger partial charge on any atom is 0.344 e. The largest absolute Gasteiger partial charge is 0.479 e. The van der Waals surface area contributed by atoms with Gasteiger partial charge in [-0.1, -0.05) is 18.2 Å². The topological polar surface area (TPSA) is 100 Å². The molecule has 0 radical (unpaired) electrons. The molecule has 2 aromatic rings. The van der Waals surface area contributed by atoms with E-state index in [4.69, 9.17) is 9.84 Å². The standard InChI is InChI=1S/C17H17N3O4/c1-12(16(21)22)24-15-9-7-13(8-10-15)11-18-20-17(23)19-14-5-3-2-4-6-14/h2-12H,1H3,(H,21,22)(H2,19,20,23)/b18-11+/t12-/m1/s1. The van der Waals surface area contributed by atoms with Crippen LogP contribution in [0.25, 0.3) is 0 Å². The number of hydrogen-bond donors (Lipinski definition) is 3. The summed E-state index contributed by atoms with van der Waals surface area (Å²) < 4.78 is 5.22. The second-order valence-corrected chi connectivity index (χ2v) is 4.86. The van der Waals surface area contributed by atoms with E-state index in [1.807, 2.05) is 18.2 Å². The molecule has 24 heavy (non-hydrogen) atoms. The van der Waals surface area contributed by atoms with E-state index in [0.717, 1.165) is 5.56 Å². The number of hydrogen-bond acceptors (Lipinski definition) is 4. The third-order valence-electron chi connectivity index (χ3n) is 2.95. The maximum atomic E-state index is 11.6. The lowest BCUT2D eigenvalue weighted by atomic mass is 10.2. The van der Waals surface area contributed by atoms with Crippen molar-refractivity contribution in [3.8, 4) is 5.75 Å². The van der Waals surface area contributed by atoms with Crippen LogP contribution < -0.4 is 15.5 Å². The molecule has 0 saturated heterocycles. The molecule has 0 aliphatic heterocycles. The Kier molecular flexibility index (Phi) is 5.90. The quantitative estimate of drug-likeness (QED) is 0.561. The Labute approximate surface area is 139 Å². The van der Waals surface area contributed by atoms with Crippen LogP contribution in [0.3, 0.4) is 0 Å². The Morgan fingerprint density at radius 2 is 1.79 bits per heavy atom. The van der Waals surface area contributed by atoms with Crippen molar-refractivity contribution >= 4 is 23.9 Å². The first kappa shape index (κ1) is 17.0. The number of aliphatic carboxylic acids is 1. The van der Waals surface area contributed by atoms with E-state index in [2.05, 4.69) is 15.8 Å². The monoisotopic (exact) mass is 327 g/mol. The highest BCUT2D eigenvalue weighted by molar-refractivity contribution is 5.90. The molecule has 0 aromatic heterocycles. The zero-order valence-corrected chi connectivity index (χ0v) is 13.0. The van der Waals surface area contributed by atoms with Crippen molar-refractivity contribution in [1.82, 2.24) is 5.43 Å². The van der Waals surface area contributed by atoms with Crippen LogP contribution in [0.5, 0.6) is 5.75 Å². The van der Waals surface area contributed by atoms with Crippen molar-refractivity contribution in [2.45, 2.75) is 13.0 Å². The molecule has 7 heteroatoms. The lowest BCUT2D eigenvalue weighted by molar-refractivity contribution is -0.144. The average Bonchev–Trinajstić information content (AvgIpc) is 2.57. The molecule has 3 N–H and O–H groups in total. The van der Waals surface area contributed by atoms with E-state index in [1.54, 1.807) is 36.4 Å². The molecule has 0 aliphatic carbocycles. The van der Waals surface area contributed by atoms with E-state index in [9.17, 15) is 9.59 Å². The number of urea groups is 1. The molecule has 124 valence electrons. The molecule has 2 aromatic carbocycles. The number of carboxylic acids is 1. The summed E-state index contributed by atoms with van der Waals surface area (Å²) in [6, 6.07) is 15.2. The number of rotatable bonds is 6. The molecule has 2 amide bonds. The molecule has 7 nitrogen and oxygen atoms in total. The Balaban J connectivity index is 1.83. The molecule has 2 rings (SSSR count). The first-order valence-electron chi connectivity index (χ1n) is 7.19. The fourth-order valence-electron chi connectivity index (χ4n) is 1.73. The Morgan fingerprint density at radius 3 is 2.42 bits per heavy atom. The number of nitrogens with one attached hydrogen (secondary N) is 2. The first-order chi connectivity index (χ1) is 11.5. The summed E-state index contributed by atoms with van der Waals surface area (Å²) in [6.45, 7) is 1.45. The van der Waals surface area contributed by atoms with E-state index in [-0.39, 0.29) is 0 Å². The number of nitrogens with zero attached hydrogens (tertiary/aromatic N) is 1. The van der Waals surface area contributed by atoms with Crippen LogP contribution in [0, 0.1) is 0 Å². The fourth-order valence-corrected chi connectivity index (χ4v) is 1.73. The Bertz CT molecular complexity index is 714. The number of benzene rings is 2. The number of carbonyl (C=O) groups is 2. The summed E-state index contributed by atoms with van der Waals surface area (Å²) >= 11 is 0. The van der Waals surface area contributed by atoms with Crippen LogP contribution in [0.2, 0.25) is 0 Å². The van der Waals surface area contributed by atoms with Crippen LogP contribution in [-0.2, 0) is 4.79 Å². The van der Waals surface area contributed by atoms with Crippen molar-refractivity contribution in [1.29, 1.82) is 0 Å². The van der Waals surface area contributed by atoms with Crippen molar-refractivity contribution < 1.29 is 19.4 Å². The molecular formula is C17H17N3O4. The number of amides is 2. The highest BCUT2D eigenvalue weighted by Crippen LogP contribution is 2.13. The first-order valence-corrected chi connectivity index (χ1v) is 7.19. The summed E-state index contributed by atoms with van der Waals surface area (Å²) in [5.74, 6) is -0.592. The summed E-state index contributed by atoms with van der Waals surface area (Å²) in [7, 11) is 0. The SMILES string of the molecule is C[C@@H](Oc1ccc(/C=N/NC(=O)Nc2ccccc2)cc1)C(=O)O. The Hall–Kier alpha value is -3.35. The zero-order chi connectivity index (χ0) is 17.4. The smallest absolute Gasteiger partial charge is 0.344 e. The highest BCUT2D eigenvalue weighted by Gasteiger charge is 2.11. The van der Waals surface area contributed by atoms with E-state index >= 15 is 0 Å². The number of ether oxygens (including phenoxy) is 1.